The highest BCUT2D eigenvalue weighted by atomic mass is 16.3. The number of hydrogen-bond acceptors (Lipinski definition) is 4. The number of rotatable bonds is 7. The molecule has 3 aromatic rings. The van der Waals surface area contributed by atoms with Crippen molar-refractivity contribution in [1.29, 1.82) is 0 Å². The maximum Gasteiger partial charge on any atom is 0.236 e. The fraction of sp³-hybridized carbons (Fsp3) is 0.320. The molecule has 0 atom stereocenters. The van der Waals surface area contributed by atoms with Crippen LogP contribution in [-0.2, 0) is 11.3 Å². The van der Waals surface area contributed by atoms with E-state index in [9.17, 15) is 4.79 Å². The van der Waals surface area contributed by atoms with Gasteiger partial charge >= 0.3 is 0 Å². The lowest BCUT2D eigenvalue weighted by Gasteiger charge is -2.39. The van der Waals surface area contributed by atoms with Crippen LogP contribution >= 0.6 is 0 Å². The molecular weight excluding hydrogens is 374 g/mol. The minimum Gasteiger partial charge on any atom is -0.467 e. The molecule has 0 saturated carbocycles. The average Bonchev–Trinajstić information content (AvgIpc) is 3.30. The smallest absolute Gasteiger partial charge is 0.236 e. The summed E-state index contributed by atoms with van der Waals surface area (Å²) in [5.74, 6) is 0.937. The molecule has 0 bridgehead atoms. The van der Waals surface area contributed by atoms with Gasteiger partial charge in [-0.05, 0) is 23.3 Å². The van der Waals surface area contributed by atoms with Crippen molar-refractivity contribution < 1.29 is 9.21 Å². The molecule has 1 amide bonds. The number of furan rings is 1. The van der Waals surface area contributed by atoms with Crippen LogP contribution in [0.1, 0.15) is 22.9 Å². The average molecular weight is 404 g/mol. The molecule has 1 saturated heterocycles. The Morgan fingerprint density at radius 2 is 1.50 bits per heavy atom. The summed E-state index contributed by atoms with van der Waals surface area (Å²) in [6.45, 7) is 4.60. The van der Waals surface area contributed by atoms with Gasteiger partial charge in [0.2, 0.25) is 5.91 Å². The van der Waals surface area contributed by atoms with E-state index in [1.807, 2.05) is 19.2 Å². The molecule has 156 valence electrons. The van der Waals surface area contributed by atoms with Crippen LogP contribution in [-0.4, -0.2) is 60.4 Å². The first-order valence-electron chi connectivity index (χ1n) is 10.5. The minimum absolute atomic E-state index is 0.127. The Bertz CT molecular complexity index is 865. The number of amides is 1. The molecule has 0 unspecified atom stereocenters. The van der Waals surface area contributed by atoms with Gasteiger partial charge < -0.3 is 9.32 Å². The molecule has 0 radical (unpaired) electrons. The molecule has 1 aromatic heterocycles. The molecule has 1 aliphatic rings. The lowest BCUT2D eigenvalue weighted by atomic mass is 9.96. The summed E-state index contributed by atoms with van der Waals surface area (Å²) in [6.07, 6.45) is 1.64. The second-order valence-corrected chi connectivity index (χ2v) is 7.87. The highest BCUT2D eigenvalue weighted by Gasteiger charge is 2.27. The van der Waals surface area contributed by atoms with Gasteiger partial charge in [0.05, 0.1) is 25.4 Å². The number of carbonyl (C=O) groups is 1. The molecule has 1 fully saturated rings. The quantitative estimate of drug-likeness (QED) is 0.604. The Morgan fingerprint density at radius 1 is 0.900 bits per heavy atom. The fourth-order valence-corrected chi connectivity index (χ4v) is 4.10. The second-order valence-electron chi connectivity index (χ2n) is 7.87. The zero-order valence-corrected chi connectivity index (χ0v) is 17.5. The summed E-state index contributed by atoms with van der Waals surface area (Å²) >= 11 is 0. The summed E-state index contributed by atoms with van der Waals surface area (Å²) in [5.41, 5.74) is 2.62. The zero-order valence-electron chi connectivity index (χ0n) is 17.5. The van der Waals surface area contributed by atoms with Crippen molar-refractivity contribution in [3.63, 3.8) is 0 Å². The van der Waals surface area contributed by atoms with Gasteiger partial charge in [0.1, 0.15) is 5.76 Å². The molecular formula is C25H29N3O2. The minimum atomic E-state index is 0.127. The first-order chi connectivity index (χ1) is 14.7. The molecule has 0 N–H and O–H groups in total. The maximum atomic E-state index is 12.6. The van der Waals surface area contributed by atoms with Gasteiger partial charge in [0.15, 0.2) is 0 Å². The van der Waals surface area contributed by atoms with Crippen LogP contribution in [0.5, 0.6) is 0 Å². The standard InChI is InChI=1S/C25H29N3O2/c1-26(19-23-13-8-18-30-23)24(29)20-27-14-16-28(17-15-27)25(21-9-4-2-5-10-21)22-11-6-3-7-12-22/h2-13,18,25H,14-17,19-20H2,1H3. The Morgan fingerprint density at radius 3 is 2.03 bits per heavy atom. The lowest BCUT2D eigenvalue weighted by Crippen LogP contribution is -2.50. The largest absolute Gasteiger partial charge is 0.467 e. The van der Waals surface area contributed by atoms with E-state index in [1.54, 1.807) is 11.2 Å². The predicted molar refractivity (Wildman–Crippen MR) is 118 cm³/mol. The fourth-order valence-electron chi connectivity index (χ4n) is 4.10. The topological polar surface area (TPSA) is 39.9 Å². The molecule has 4 rings (SSSR count). The summed E-state index contributed by atoms with van der Waals surface area (Å²) in [7, 11) is 1.84. The normalized spacial score (nSPS) is 15.4. The Kier molecular flexibility index (Phi) is 6.62. The van der Waals surface area contributed by atoms with E-state index in [0.29, 0.717) is 13.1 Å². The monoisotopic (exact) mass is 403 g/mol. The summed E-state index contributed by atoms with van der Waals surface area (Å²) in [5, 5.41) is 0. The van der Waals surface area contributed by atoms with Gasteiger partial charge in [0.25, 0.3) is 0 Å². The molecule has 1 aliphatic heterocycles. The van der Waals surface area contributed by atoms with Gasteiger partial charge in [-0.1, -0.05) is 60.7 Å². The number of benzene rings is 2. The third kappa shape index (κ3) is 4.99. The van der Waals surface area contributed by atoms with Crippen LogP contribution < -0.4 is 0 Å². The van der Waals surface area contributed by atoms with Crippen molar-refractivity contribution in [2.45, 2.75) is 12.6 Å². The van der Waals surface area contributed by atoms with E-state index in [4.69, 9.17) is 4.42 Å². The summed E-state index contributed by atoms with van der Waals surface area (Å²) in [4.78, 5) is 19.1. The van der Waals surface area contributed by atoms with Crippen LogP contribution in [0.15, 0.2) is 83.5 Å². The Hall–Kier alpha value is -2.89. The molecule has 5 nitrogen and oxygen atoms in total. The van der Waals surface area contributed by atoms with Crippen molar-refractivity contribution in [2.75, 3.05) is 39.8 Å². The van der Waals surface area contributed by atoms with Crippen LogP contribution in [0, 0.1) is 0 Å². The van der Waals surface area contributed by atoms with Crippen LogP contribution in [0.3, 0.4) is 0 Å². The SMILES string of the molecule is CN(Cc1ccco1)C(=O)CN1CCN(C(c2ccccc2)c2ccccc2)CC1. The molecule has 2 aromatic carbocycles. The van der Waals surface area contributed by atoms with Crippen LogP contribution in [0.25, 0.3) is 0 Å². The Balaban J connectivity index is 1.37. The zero-order chi connectivity index (χ0) is 20.8. The van der Waals surface area contributed by atoms with Gasteiger partial charge in [-0.15, -0.1) is 0 Å². The van der Waals surface area contributed by atoms with Crippen molar-refractivity contribution in [1.82, 2.24) is 14.7 Å². The van der Waals surface area contributed by atoms with E-state index >= 15 is 0 Å². The summed E-state index contributed by atoms with van der Waals surface area (Å²) in [6, 6.07) is 25.4. The molecule has 5 heteroatoms. The highest BCUT2D eigenvalue weighted by Crippen LogP contribution is 2.29. The maximum absolute atomic E-state index is 12.6. The van der Waals surface area contributed by atoms with E-state index in [1.165, 1.54) is 11.1 Å². The highest BCUT2D eigenvalue weighted by molar-refractivity contribution is 5.77. The number of nitrogens with zero attached hydrogens (tertiary/aromatic N) is 3. The number of hydrogen-bond donors (Lipinski definition) is 0. The van der Waals surface area contributed by atoms with Gasteiger partial charge in [-0.25, -0.2) is 0 Å². The summed E-state index contributed by atoms with van der Waals surface area (Å²) < 4.78 is 5.35. The van der Waals surface area contributed by atoms with E-state index in [-0.39, 0.29) is 11.9 Å². The van der Waals surface area contributed by atoms with Crippen LogP contribution in [0.4, 0.5) is 0 Å². The second kappa shape index (κ2) is 9.74. The first-order valence-corrected chi connectivity index (χ1v) is 10.5. The number of piperazine rings is 1. The number of carbonyl (C=O) groups excluding carboxylic acids is 1. The van der Waals surface area contributed by atoms with Crippen molar-refractivity contribution in [3.8, 4) is 0 Å². The third-order valence-corrected chi connectivity index (χ3v) is 5.76. The molecule has 0 aliphatic carbocycles. The van der Waals surface area contributed by atoms with Crippen molar-refractivity contribution in [3.05, 3.63) is 95.9 Å². The molecule has 30 heavy (non-hydrogen) atoms. The number of likely N-dealkylation sites (N-methyl/N-ethyl adjacent to an activating group) is 1. The van der Waals surface area contributed by atoms with Gasteiger partial charge in [-0.2, -0.15) is 0 Å². The van der Waals surface area contributed by atoms with E-state index in [0.717, 1.165) is 31.9 Å². The van der Waals surface area contributed by atoms with Crippen molar-refractivity contribution >= 4 is 5.91 Å². The molecule has 2 heterocycles. The van der Waals surface area contributed by atoms with Gasteiger partial charge in [-0.3, -0.25) is 14.6 Å². The Labute approximate surface area is 178 Å². The lowest BCUT2D eigenvalue weighted by molar-refractivity contribution is -0.132. The van der Waals surface area contributed by atoms with E-state index in [2.05, 4.69) is 70.5 Å². The van der Waals surface area contributed by atoms with Crippen LogP contribution in [0.2, 0.25) is 0 Å². The predicted octanol–water partition coefficient (Wildman–Crippen LogP) is 3.65. The van der Waals surface area contributed by atoms with Crippen molar-refractivity contribution in [2.24, 2.45) is 0 Å². The first kappa shape index (κ1) is 20.4. The van der Waals surface area contributed by atoms with E-state index < -0.39 is 0 Å². The molecule has 0 spiro atoms. The third-order valence-electron chi connectivity index (χ3n) is 5.76. The van der Waals surface area contributed by atoms with Gasteiger partial charge in [0, 0.05) is 33.2 Å².